The average molecular weight is 358 g/mol. The topological polar surface area (TPSA) is 59.3 Å². The third kappa shape index (κ3) is 6.57. The van der Waals surface area contributed by atoms with Crippen LogP contribution in [-0.2, 0) is 0 Å². The lowest BCUT2D eigenvalue weighted by Gasteiger charge is -2.25. The van der Waals surface area contributed by atoms with Crippen molar-refractivity contribution in [2.24, 2.45) is 0 Å². The first-order valence-corrected chi connectivity index (χ1v) is 8.92. The fourth-order valence-electron chi connectivity index (χ4n) is 2.53. The molecule has 2 aromatic heterocycles. The normalized spacial score (nSPS) is 12.5. The standard InChI is InChI=1S/C19H30N6O/c1-6-7-8-17(14-24(5)10-9-23(3)4)26-19-11-18(20-15-21-19)25-13-16(2)12-22-25/h6,11-13,15,17H,1,7-10,14H2,2-5H3/t17-/m0/s1. The van der Waals surface area contributed by atoms with Crippen molar-refractivity contribution in [2.45, 2.75) is 25.9 Å². The first-order chi connectivity index (χ1) is 12.5. The summed E-state index contributed by atoms with van der Waals surface area (Å²) in [7, 11) is 6.28. The second-order valence-electron chi connectivity index (χ2n) is 6.85. The highest BCUT2D eigenvalue weighted by Gasteiger charge is 2.15. The molecule has 0 aliphatic carbocycles. The molecule has 2 heterocycles. The minimum absolute atomic E-state index is 0.0438. The summed E-state index contributed by atoms with van der Waals surface area (Å²) in [5.74, 6) is 1.27. The van der Waals surface area contributed by atoms with Gasteiger partial charge < -0.3 is 14.5 Å². The lowest BCUT2D eigenvalue weighted by Crippen LogP contribution is -2.37. The zero-order valence-electron chi connectivity index (χ0n) is 16.3. The van der Waals surface area contributed by atoms with Crippen molar-refractivity contribution in [1.82, 2.24) is 29.5 Å². The summed E-state index contributed by atoms with van der Waals surface area (Å²) in [6.45, 7) is 8.66. The van der Waals surface area contributed by atoms with E-state index in [-0.39, 0.29) is 6.10 Å². The molecule has 7 heteroatoms. The summed E-state index contributed by atoms with van der Waals surface area (Å²) >= 11 is 0. The van der Waals surface area contributed by atoms with Crippen molar-refractivity contribution in [3.05, 3.63) is 43.0 Å². The van der Waals surface area contributed by atoms with Crippen LogP contribution in [0.1, 0.15) is 18.4 Å². The highest BCUT2D eigenvalue weighted by atomic mass is 16.5. The highest BCUT2D eigenvalue weighted by molar-refractivity contribution is 5.26. The van der Waals surface area contributed by atoms with E-state index in [1.165, 1.54) is 6.33 Å². The Hall–Kier alpha value is -2.25. The van der Waals surface area contributed by atoms with Crippen molar-refractivity contribution < 1.29 is 4.74 Å². The lowest BCUT2D eigenvalue weighted by molar-refractivity contribution is 0.130. The Morgan fingerprint density at radius 1 is 1.27 bits per heavy atom. The van der Waals surface area contributed by atoms with Gasteiger partial charge in [-0.1, -0.05) is 6.08 Å². The molecule has 0 saturated heterocycles. The van der Waals surface area contributed by atoms with Crippen LogP contribution in [0.2, 0.25) is 0 Å². The van der Waals surface area contributed by atoms with Crippen molar-refractivity contribution in [1.29, 1.82) is 0 Å². The van der Waals surface area contributed by atoms with E-state index >= 15 is 0 Å². The van der Waals surface area contributed by atoms with Crippen molar-refractivity contribution >= 4 is 0 Å². The maximum Gasteiger partial charge on any atom is 0.218 e. The molecule has 26 heavy (non-hydrogen) atoms. The van der Waals surface area contributed by atoms with E-state index in [2.05, 4.69) is 52.6 Å². The van der Waals surface area contributed by atoms with Crippen LogP contribution in [0.25, 0.3) is 5.82 Å². The van der Waals surface area contributed by atoms with Crippen molar-refractivity contribution in [2.75, 3.05) is 40.8 Å². The number of likely N-dealkylation sites (N-methyl/N-ethyl adjacent to an activating group) is 2. The fourth-order valence-corrected chi connectivity index (χ4v) is 2.53. The molecule has 0 saturated carbocycles. The molecule has 0 bridgehead atoms. The van der Waals surface area contributed by atoms with Gasteiger partial charge in [0.15, 0.2) is 5.82 Å². The molecule has 0 amide bonds. The Labute approximate surface area is 156 Å². The molecule has 1 atom stereocenters. The van der Waals surface area contributed by atoms with Gasteiger partial charge in [-0.2, -0.15) is 5.10 Å². The van der Waals surface area contributed by atoms with Gasteiger partial charge in [-0.25, -0.2) is 14.6 Å². The maximum atomic E-state index is 6.17. The van der Waals surface area contributed by atoms with E-state index in [0.717, 1.165) is 38.0 Å². The molecule has 0 aliphatic rings. The van der Waals surface area contributed by atoms with Gasteiger partial charge in [0.1, 0.15) is 12.4 Å². The fraction of sp³-hybridized carbons (Fsp3) is 0.526. The number of rotatable bonds is 11. The third-order valence-corrected chi connectivity index (χ3v) is 4.00. The van der Waals surface area contributed by atoms with E-state index in [9.17, 15) is 0 Å². The van der Waals surface area contributed by atoms with Crippen molar-refractivity contribution in [3.8, 4) is 11.7 Å². The molecule has 0 N–H and O–H groups in total. The first-order valence-electron chi connectivity index (χ1n) is 8.92. The lowest BCUT2D eigenvalue weighted by atomic mass is 10.2. The summed E-state index contributed by atoms with van der Waals surface area (Å²) in [6, 6.07) is 1.83. The van der Waals surface area contributed by atoms with Crippen LogP contribution in [-0.4, -0.2) is 76.4 Å². The Bertz CT molecular complexity index is 684. The molecule has 0 aliphatic heterocycles. The second-order valence-corrected chi connectivity index (χ2v) is 6.85. The summed E-state index contributed by atoms with van der Waals surface area (Å²) < 4.78 is 7.90. The van der Waals surface area contributed by atoms with Gasteiger partial charge in [-0.15, -0.1) is 6.58 Å². The van der Waals surface area contributed by atoms with Crippen LogP contribution in [0.5, 0.6) is 5.88 Å². The maximum absolute atomic E-state index is 6.17. The van der Waals surface area contributed by atoms with Gasteiger partial charge in [-0.05, 0) is 46.5 Å². The molecule has 7 nitrogen and oxygen atoms in total. The van der Waals surface area contributed by atoms with Gasteiger partial charge in [0.05, 0.1) is 6.20 Å². The molecule has 2 rings (SSSR count). The Kier molecular flexibility index (Phi) is 7.74. The number of aryl methyl sites for hydroxylation is 1. The zero-order valence-corrected chi connectivity index (χ0v) is 16.3. The molecular formula is C19H30N6O. The number of allylic oxidation sites excluding steroid dienone is 1. The molecular weight excluding hydrogens is 328 g/mol. The largest absolute Gasteiger partial charge is 0.473 e. The van der Waals surface area contributed by atoms with Crippen LogP contribution in [0.3, 0.4) is 0 Å². The molecule has 0 radical (unpaired) electrons. The van der Waals surface area contributed by atoms with E-state index < -0.39 is 0 Å². The van der Waals surface area contributed by atoms with Gasteiger partial charge in [-0.3, -0.25) is 0 Å². The van der Waals surface area contributed by atoms with Crippen molar-refractivity contribution in [3.63, 3.8) is 0 Å². The van der Waals surface area contributed by atoms with E-state index in [1.807, 2.05) is 25.3 Å². The van der Waals surface area contributed by atoms with E-state index in [4.69, 9.17) is 4.74 Å². The molecule has 0 spiro atoms. The molecule has 0 aromatic carbocycles. The van der Waals surface area contributed by atoms with Crippen LogP contribution in [0.4, 0.5) is 0 Å². The number of aromatic nitrogens is 4. The molecule has 0 fully saturated rings. The van der Waals surface area contributed by atoms with Crippen LogP contribution >= 0.6 is 0 Å². The van der Waals surface area contributed by atoms with Gasteiger partial charge in [0, 0.05) is 31.9 Å². The number of nitrogens with zero attached hydrogens (tertiary/aromatic N) is 6. The first kappa shape index (κ1) is 20.1. The minimum Gasteiger partial charge on any atom is -0.473 e. The molecule has 2 aromatic rings. The van der Waals surface area contributed by atoms with Crippen LogP contribution in [0, 0.1) is 6.92 Å². The van der Waals surface area contributed by atoms with Gasteiger partial charge in [0.25, 0.3) is 0 Å². The monoisotopic (exact) mass is 358 g/mol. The Balaban J connectivity index is 2.03. The summed E-state index contributed by atoms with van der Waals surface area (Å²) in [6.07, 6.45) is 9.02. The van der Waals surface area contributed by atoms with Crippen LogP contribution in [0.15, 0.2) is 37.4 Å². The Morgan fingerprint density at radius 3 is 2.73 bits per heavy atom. The average Bonchev–Trinajstić information content (AvgIpc) is 3.04. The summed E-state index contributed by atoms with van der Waals surface area (Å²) in [5.41, 5.74) is 1.08. The highest BCUT2D eigenvalue weighted by Crippen LogP contribution is 2.15. The Morgan fingerprint density at radius 2 is 2.08 bits per heavy atom. The molecule has 142 valence electrons. The van der Waals surface area contributed by atoms with Gasteiger partial charge >= 0.3 is 0 Å². The van der Waals surface area contributed by atoms with E-state index in [1.54, 1.807) is 10.9 Å². The smallest absolute Gasteiger partial charge is 0.218 e. The van der Waals surface area contributed by atoms with Crippen LogP contribution < -0.4 is 4.74 Å². The van der Waals surface area contributed by atoms with Gasteiger partial charge in [0.2, 0.25) is 5.88 Å². The summed E-state index contributed by atoms with van der Waals surface area (Å²) in [4.78, 5) is 13.0. The predicted molar refractivity (Wildman–Crippen MR) is 104 cm³/mol. The molecule has 0 unspecified atom stereocenters. The quantitative estimate of drug-likeness (QED) is 0.574. The second kappa shape index (κ2) is 10.0. The summed E-state index contributed by atoms with van der Waals surface area (Å²) in [5, 5.41) is 4.29. The minimum atomic E-state index is 0.0438. The number of ether oxygens (including phenoxy) is 1. The third-order valence-electron chi connectivity index (χ3n) is 4.00. The predicted octanol–water partition coefficient (Wildman–Crippen LogP) is 2.18. The SMILES string of the molecule is C=CCC[C@@H](CN(C)CCN(C)C)Oc1cc(-n2cc(C)cn2)ncn1. The zero-order chi connectivity index (χ0) is 18.9. The van der Waals surface area contributed by atoms with E-state index in [0.29, 0.717) is 11.7 Å². The number of hydrogen-bond donors (Lipinski definition) is 0. The number of hydrogen-bond acceptors (Lipinski definition) is 6.